The van der Waals surface area contributed by atoms with Crippen LogP contribution in [-0.2, 0) is 6.54 Å². The molecule has 292 valence electrons. The molecule has 0 bridgehead atoms. The zero-order valence-electron chi connectivity index (χ0n) is 33.9. The maximum Gasteiger partial charge on any atom is 0.137 e. The van der Waals surface area contributed by atoms with Crippen molar-refractivity contribution in [2.45, 2.75) is 6.54 Å². The maximum absolute atomic E-state index is 7.01. The average molecular weight is 793 g/mol. The smallest absolute Gasteiger partial charge is 0.137 e. The van der Waals surface area contributed by atoms with Crippen molar-refractivity contribution >= 4 is 65.9 Å². The summed E-state index contributed by atoms with van der Waals surface area (Å²) < 4.78 is 9.40. The molecule has 0 fully saturated rings. The number of rotatable bonds is 8. The third kappa shape index (κ3) is 5.89. The summed E-state index contributed by atoms with van der Waals surface area (Å²) >= 11 is 0. The van der Waals surface area contributed by atoms with Gasteiger partial charge in [-0.1, -0.05) is 176 Å². The second-order valence-electron chi connectivity index (χ2n) is 16.0. The Labute approximate surface area is 360 Å². The molecule has 3 heteroatoms. The van der Waals surface area contributed by atoms with Gasteiger partial charge in [-0.3, -0.25) is 0 Å². The molecule has 0 aliphatic rings. The van der Waals surface area contributed by atoms with Crippen molar-refractivity contribution in [2.75, 3.05) is 4.90 Å². The number of nitrogens with zero attached hydrogens (tertiary/aromatic N) is 2. The lowest BCUT2D eigenvalue weighted by Crippen LogP contribution is -2.17. The van der Waals surface area contributed by atoms with Gasteiger partial charge in [0.2, 0.25) is 0 Å². The molecule has 0 radical (unpaired) electrons. The molecule has 0 aliphatic carbocycles. The summed E-state index contributed by atoms with van der Waals surface area (Å²) in [4.78, 5) is 2.47. The standard InChI is InChI=1S/C59H40N2O/c1-4-18-40(19-5-1)41-34-36-44(37-35-41)60(39-43-22-10-11-25-46(43)42-20-6-2-7-21-42)53-31-17-33-55-59(53)58-48-27-13-12-26-47(48)51(38-56(58)62-55)49-29-16-32-54-57(49)50-28-14-15-30-52(50)61(54)45-23-8-3-9-24-45/h1-38H,39H2. The molecule has 0 saturated carbocycles. The Kier molecular flexibility index (Phi) is 8.57. The lowest BCUT2D eigenvalue weighted by Gasteiger charge is -2.27. The summed E-state index contributed by atoms with van der Waals surface area (Å²) in [6, 6.07) is 82.9. The summed E-state index contributed by atoms with van der Waals surface area (Å²) in [5, 5.41) is 7.04. The van der Waals surface area contributed by atoms with Gasteiger partial charge in [0.1, 0.15) is 11.2 Å². The van der Waals surface area contributed by atoms with E-state index in [1.54, 1.807) is 0 Å². The van der Waals surface area contributed by atoms with Gasteiger partial charge in [0.05, 0.1) is 22.1 Å². The summed E-state index contributed by atoms with van der Waals surface area (Å²) in [6.45, 7) is 0.658. The van der Waals surface area contributed by atoms with E-state index in [9.17, 15) is 0 Å². The summed E-state index contributed by atoms with van der Waals surface area (Å²) in [7, 11) is 0. The van der Waals surface area contributed by atoms with Crippen LogP contribution in [0, 0.1) is 0 Å². The van der Waals surface area contributed by atoms with E-state index in [2.05, 4.69) is 240 Å². The van der Waals surface area contributed by atoms with Crippen LogP contribution in [0.15, 0.2) is 235 Å². The van der Waals surface area contributed by atoms with Crippen molar-refractivity contribution in [3.63, 3.8) is 0 Å². The first-order valence-corrected chi connectivity index (χ1v) is 21.3. The Morgan fingerprint density at radius 1 is 0.371 bits per heavy atom. The van der Waals surface area contributed by atoms with Crippen molar-refractivity contribution in [1.29, 1.82) is 0 Å². The highest BCUT2D eigenvalue weighted by Crippen LogP contribution is 2.47. The van der Waals surface area contributed by atoms with Crippen LogP contribution in [0.4, 0.5) is 11.4 Å². The summed E-state index contributed by atoms with van der Waals surface area (Å²) in [6.07, 6.45) is 0. The highest BCUT2D eigenvalue weighted by Gasteiger charge is 2.24. The first-order chi connectivity index (χ1) is 30.8. The zero-order valence-corrected chi connectivity index (χ0v) is 33.9. The fourth-order valence-corrected chi connectivity index (χ4v) is 9.72. The van der Waals surface area contributed by atoms with Gasteiger partial charge in [-0.25, -0.2) is 0 Å². The van der Waals surface area contributed by atoms with Crippen LogP contribution < -0.4 is 4.90 Å². The molecule has 0 saturated heterocycles. The molecule has 0 atom stereocenters. The molecule has 0 unspecified atom stereocenters. The maximum atomic E-state index is 7.01. The molecular formula is C59H40N2O. The van der Waals surface area contributed by atoms with Gasteiger partial charge in [-0.2, -0.15) is 0 Å². The minimum absolute atomic E-state index is 0.658. The van der Waals surface area contributed by atoms with E-state index in [0.717, 1.165) is 44.6 Å². The number of para-hydroxylation sites is 2. The van der Waals surface area contributed by atoms with E-state index in [-0.39, 0.29) is 0 Å². The van der Waals surface area contributed by atoms with Gasteiger partial charge in [-0.15, -0.1) is 0 Å². The Morgan fingerprint density at radius 2 is 0.968 bits per heavy atom. The number of fused-ring (bicyclic) bond motifs is 8. The third-order valence-electron chi connectivity index (χ3n) is 12.5. The topological polar surface area (TPSA) is 21.3 Å². The predicted octanol–water partition coefficient (Wildman–Crippen LogP) is 16.2. The fraction of sp³-hybridized carbons (Fsp3) is 0.0169. The van der Waals surface area contributed by atoms with Crippen LogP contribution in [-0.4, -0.2) is 4.57 Å². The van der Waals surface area contributed by atoms with Gasteiger partial charge in [0.15, 0.2) is 0 Å². The van der Waals surface area contributed by atoms with Crippen LogP contribution in [0.25, 0.3) is 93.6 Å². The Hall–Kier alpha value is -8.14. The van der Waals surface area contributed by atoms with Gasteiger partial charge in [-0.05, 0) is 104 Å². The van der Waals surface area contributed by atoms with Gasteiger partial charge >= 0.3 is 0 Å². The quantitative estimate of drug-likeness (QED) is 0.153. The number of hydrogen-bond acceptors (Lipinski definition) is 2. The van der Waals surface area contributed by atoms with Crippen LogP contribution >= 0.6 is 0 Å². The van der Waals surface area contributed by atoms with Crippen molar-refractivity contribution < 1.29 is 4.42 Å². The zero-order chi connectivity index (χ0) is 41.0. The highest BCUT2D eigenvalue weighted by atomic mass is 16.3. The van der Waals surface area contributed by atoms with E-state index >= 15 is 0 Å². The van der Waals surface area contributed by atoms with Gasteiger partial charge in [0.25, 0.3) is 0 Å². The molecule has 10 aromatic carbocycles. The Morgan fingerprint density at radius 3 is 1.76 bits per heavy atom. The third-order valence-corrected chi connectivity index (χ3v) is 12.5. The Balaban J connectivity index is 1.09. The second-order valence-corrected chi connectivity index (χ2v) is 16.0. The molecule has 0 N–H and O–H groups in total. The lowest BCUT2D eigenvalue weighted by atomic mass is 9.92. The first-order valence-electron chi connectivity index (χ1n) is 21.3. The summed E-state index contributed by atoms with van der Waals surface area (Å²) in [5.41, 5.74) is 15.8. The molecule has 2 aromatic heterocycles. The number of anilines is 2. The molecule has 3 nitrogen and oxygen atoms in total. The largest absolute Gasteiger partial charge is 0.456 e. The van der Waals surface area contributed by atoms with Crippen molar-refractivity contribution in [2.24, 2.45) is 0 Å². The molecule has 0 amide bonds. The van der Waals surface area contributed by atoms with Crippen LogP contribution in [0.2, 0.25) is 0 Å². The van der Waals surface area contributed by atoms with E-state index in [0.29, 0.717) is 6.54 Å². The second kappa shape index (κ2) is 14.8. The normalized spacial score (nSPS) is 11.6. The lowest BCUT2D eigenvalue weighted by molar-refractivity contribution is 0.669. The van der Waals surface area contributed by atoms with Crippen molar-refractivity contribution in [3.05, 3.63) is 236 Å². The number of hydrogen-bond donors (Lipinski definition) is 0. The first kappa shape index (κ1) is 35.8. The van der Waals surface area contributed by atoms with E-state index in [4.69, 9.17) is 4.42 Å². The molecule has 0 aliphatic heterocycles. The minimum atomic E-state index is 0.658. The Bertz CT molecular complexity index is 3590. The summed E-state index contributed by atoms with van der Waals surface area (Å²) in [5.74, 6) is 0. The van der Waals surface area contributed by atoms with Crippen LogP contribution in [0.1, 0.15) is 5.56 Å². The molecule has 62 heavy (non-hydrogen) atoms. The monoisotopic (exact) mass is 792 g/mol. The molecule has 0 spiro atoms. The van der Waals surface area contributed by atoms with Gasteiger partial charge < -0.3 is 13.9 Å². The van der Waals surface area contributed by atoms with E-state index in [1.165, 1.54) is 66.0 Å². The number of aromatic nitrogens is 1. The molecular weight excluding hydrogens is 753 g/mol. The van der Waals surface area contributed by atoms with Crippen LogP contribution in [0.5, 0.6) is 0 Å². The minimum Gasteiger partial charge on any atom is -0.456 e. The van der Waals surface area contributed by atoms with E-state index in [1.807, 2.05) is 0 Å². The molecule has 12 aromatic rings. The highest BCUT2D eigenvalue weighted by molar-refractivity contribution is 6.27. The number of benzene rings is 10. The average Bonchev–Trinajstić information content (AvgIpc) is 3.90. The van der Waals surface area contributed by atoms with Crippen molar-refractivity contribution in [1.82, 2.24) is 4.57 Å². The van der Waals surface area contributed by atoms with Crippen LogP contribution in [0.3, 0.4) is 0 Å². The van der Waals surface area contributed by atoms with Crippen molar-refractivity contribution in [3.8, 4) is 39.1 Å². The fourth-order valence-electron chi connectivity index (χ4n) is 9.72. The molecule has 2 heterocycles. The SMILES string of the molecule is c1ccc(-c2ccc(N(Cc3ccccc3-c3ccccc3)c3cccc4oc5cc(-c6cccc7c6c6ccccc6n7-c6ccccc6)c6ccccc6c5c34)cc2)cc1. The number of furan rings is 1. The van der Waals surface area contributed by atoms with E-state index < -0.39 is 0 Å². The predicted molar refractivity (Wildman–Crippen MR) is 261 cm³/mol. The van der Waals surface area contributed by atoms with Gasteiger partial charge in [0, 0.05) is 34.1 Å². The molecule has 12 rings (SSSR count).